The third kappa shape index (κ3) is 4.40. The summed E-state index contributed by atoms with van der Waals surface area (Å²) in [6.07, 6.45) is 0. The molecule has 106 valence electrons. The Morgan fingerprint density at radius 1 is 1.42 bits per heavy atom. The van der Waals surface area contributed by atoms with Gasteiger partial charge in [0.1, 0.15) is 6.61 Å². The lowest BCUT2D eigenvalue weighted by Gasteiger charge is -2.09. The summed E-state index contributed by atoms with van der Waals surface area (Å²) < 4.78 is 27.9. The average molecular weight is 306 g/mol. The standard InChI is InChI=1S/C12H16ClNO4S/c1-8(2)19(16,17)6-5-18-12(15)10-4-3-9(13)7-11(10)14/h3-4,7-8H,5-6,14H2,1-2H3. The molecule has 1 rings (SSSR count). The molecule has 0 heterocycles. The van der Waals surface area contributed by atoms with Crippen molar-refractivity contribution in [3.63, 3.8) is 0 Å². The summed E-state index contributed by atoms with van der Waals surface area (Å²) in [6, 6.07) is 4.39. The summed E-state index contributed by atoms with van der Waals surface area (Å²) in [4.78, 5) is 11.7. The third-order valence-electron chi connectivity index (χ3n) is 2.55. The van der Waals surface area contributed by atoms with Crippen LogP contribution in [-0.2, 0) is 14.6 Å². The van der Waals surface area contributed by atoms with Crippen molar-refractivity contribution in [1.82, 2.24) is 0 Å². The molecule has 5 nitrogen and oxygen atoms in total. The van der Waals surface area contributed by atoms with Crippen LogP contribution in [0, 0.1) is 0 Å². The van der Waals surface area contributed by atoms with E-state index in [9.17, 15) is 13.2 Å². The first-order valence-corrected chi connectivity index (χ1v) is 7.77. The quantitative estimate of drug-likeness (QED) is 0.663. The molecule has 0 aliphatic rings. The van der Waals surface area contributed by atoms with E-state index in [0.29, 0.717) is 5.02 Å². The van der Waals surface area contributed by atoms with E-state index in [1.807, 2.05) is 0 Å². The van der Waals surface area contributed by atoms with Crippen LogP contribution in [0.4, 0.5) is 5.69 Å². The summed E-state index contributed by atoms with van der Waals surface area (Å²) in [5, 5.41) is -0.0803. The van der Waals surface area contributed by atoms with E-state index < -0.39 is 21.1 Å². The van der Waals surface area contributed by atoms with Crippen LogP contribution in [0.3, 0.4) is 0 Å². The second-order valence-corrected chi connectivity index (χ2v) is 7.40. The zero-order chi connectivity index (χ0) is 14.6. The SMILES string of the molecule is CC(C)S(=O)(=O)CCOC(=O)c1ccc(Cl)cc1N. The number of anilines is 1. The number of hydrogen-bond acceptors (Lipinski definition) is 5. The predicted molar refractivity (Wildman–Crippen MR) is 75.1 cm³/mol. The summed E-state index contributed by atoms with van der Waals surface area (Å²) in [5.74, 6) is -0.864. The highest BCUT2D eigenvalue weighted by Crippen LogP contribution is 2.18. The van der Waals surface area contributed by atoms with E-state index in [0.717, 1.165) is 0 Å². The number of carbonyl (C=O) groups is 1. The second kappa shape index (κ2) is 6.25. The molecule has 0 saturated heterocycles. The van der Waals surface area contributed by atoms with Gasteiger partial charge in [0, 0.05) is 10.7 Å². The van der Waals surface area contributed by atoms with Gasteiger partial charge in [0.15, 0.2) is 9.84 Å². The summed E-state index contributed by atoms with van der Waals surface area (Å²) in [6.45, 7) is 2.96. The van der Waals surface area contributed by atoms with Crippen LogP contribution in [0.1, 0.15) is 24.2 Å². The zero-order valence-corrected chi connectivity index (χ0v) is 12.3. The first-order chi connectivity index (χ1) is 8.74. The molecule has 0 aliphatic carbocycles. The Labute approximate surface area is 117 Å². The summed E-state index contributed by atoms with van der Waals surface area (Å²) in [7, 11) is -3.22. The first kappa shape index (κ1) is 15.8. The Kier molecular flexibility index (Phi) is 5.20. The molecule has 0 unspecified atom stereocenters. The lowest BCUT2D eigenvalue weighted by molar-refractivity contribution is 0.0530. The number of rotatable bonds is 5. The van der Waals surface area contributed by atoms with Gasteiger partial charge in [0.05, 0.1) is 16.6 Å². The van der Waals surface area contributed by atoms with Crippen molar-refractivity contribution in [2.75, 3.05) is 18.1 Å². The normalized spacial score (nSPS) is 11.6. The van der Waals surface area contributed by atoms with E-state index in [-0.39, 0.29) is 23.6 Å². The largest absolute Gasteiger partial charge is 0.461 e. The molecule has 0 spiro atoms. The van der Waals surface area contributed by atoms with E-state index >= 15 is 0 Å². The molecule has 2 N–H and O–H groups in total. The maximum absolute atomic E-state index is 11.7. The first-order valence-electron chi connectivity index (χ1n) is 5.68. The molecule has 0 aliphatic heterocycles. The minimum Gasteiger partial charge on any atom is -0.461 e. The van der Waals surface area contributed by atoms with Crippen molar-refractivity contribution in [2.24, 2.45) is 0 Å². The average Bonchev–Trinajstić information content (AvgIpc) is 2.28. The lowest BCUT2D eigenvalue weighted by Crippen LogP contribution is -2.22. The Balaban J connectivity index is 2.62. The maximum Gasteiger partial charge on any atom is 0.340 e. The fourth-order valence-electron chi connectivity index (χ4n) is 1.28. The number of carbonyl (C=O) groups excluding carboxylic acids is 1. The van der Waals surface area contributed by atoms with Gasteiger partial charge in [-0.3, -0.25) is 0 Å². The predicted octanol–water partition coefficient (Wildman–Crippen LogP) is 1.90. The maximum atomic E-state index is 11.7. The van der Waals surface area contributed by atoms with Crippen LogP contribution in [0.2, 0.25) is 5.02 Å². The van der Waals surface area contributed by atoms with Crippen LogP contribution in [-0.4, -0.2) is 32.0 Å². The second-order valence-electron chi connectivity index (χ2n) is 4.28. The number of ether oxygens (including phenoxy) is 1. The van der Waals surface area contributed by atoms with Gasteiger partial charge >= 0.3 is 5.97 Å². The van der Waals surface area contributed by atoms with Gasteiger partial charge in [-0.25, -0.2) is 13.2 Å². The molecule has 1 aromatic rings. The van der Waals surface area contributed by atoms with Crippen molar-refractivity contribution >= 4 is 33.1 Å². The zero-order valence-electron chi connectivity index (χ0n) is 10.7. The molecule has 0 radical (unpaired) electrons. The van der Waals surface area contributed by atoms with Crippen LogP contribution in [0.25, 0.3) is 0 Å². The fourth-order valence-corrected chi connectivity index (χ4v) is 2.25. The molecule has 0 aromatic heterocycles. The Bertz CT molecular complexity index is 569. The van der Waals surface area contributed by atoms with Crippen LogP contribution in [0.5, 0.6) is 0 Å². The van der Waals surface area contributed by atoms with Gasteiger partial charge in [-0.2, -0.15) is 0 Å². The van der Waals surface area contributed by atoms with Gasteiger partial charge in [-0.1, -0.05) is 11.6 Å². The van der Waals surface area contributed by atoms with Gasteiger partial charge in [-0.15, -0.1) is 0 Å². The molecule has 0 saturated carbocycles. The highest BCUT2D eigenvalue weighted by Gasteiger charge is 2.18. The van der Waals surface area contributed by atoms with E-state index in [2.05, 4.69) is 0 Å². The highest BCUT2D eigenvalue weighted by atomic mass is 35.5. The molecular weight excluding hydrogens is 290 g/mol. The number of esters is 1. The Morgan fingerprint density at radius 2 is 2.05 bits per heavy atom. The topological polar surface area (TPSA) is 86.5 Å². The Hall–Kier alpha value is -1.27. The number of benzene rings is 1. The van der Waals surface area contributed by atoms with Gasteiger partial charge in [0.25, 0.3) is 0 Å². The summed E-state index contributed by atoms with van der Waals surface area (Å²) >= 11 is 5.71. The molecular formula is C12H16ClNO4S. The van der Waals surface area contributed by atoms with E-state index in [4.69, 9.17) is 22.1 Å². The lowest BCUT2D eigenvalue weighted by atomic mass is 10.2. The van der Waals surface area contributed by atoms with Crippen molar-refractivity contribution < 1.29 is 17.9 Å². The smallest absolute Gasteiger partial charge is 0.340 e. The monoisotopic (exact) mass is 305 g/mol. The minimum absolute atomic E-state index is 0.173. The molecule has 0 amide bonds. The van der Waals surface area contributed by atoms with Crippen LogP contribution >= 0.6 is 11.6 Å². The number of nitrogens with two attached hydrogens (primary N) is 1. The number of halogens is 1. The van der Waals surface area contributed by atoms with Crippen molar-refractivity contribution in [2.45, 2.75) is 19.1 Å². The minimum atomic E-state index is -3.22. The van der Waals surface area contributed by atoms with E-state index in [1.165, 1.54) is 18.2 Å². The van der Waals surface area contributed by atoms with Crippen molar-refractivity contribution in [3.8, 4) is 0 Å². The number of sulfone groups is 1. The fraction of sp³-hybridized carbons (Fsp3) is 0.417. The number of nitrogen functional groups attached to an aromatic ring is 1. The number of hydrogen-bond donors (Lipinski definition) is 1. The molecule has 0 fully saturated rings. The van der Waals surface area contributed by atoms with Gasteiger partial charge < -0.3 is 10.5 Å². The van der Waals surface area contributed by atoms with Crippen molar-refractivity contribution in [1.29, 1.82) is 0 Å². The summed E-state index contributed by atoms with van der Waals surface area (Å²) in [5.41, 5.74) is 6.00. The van der Waals surface area contributed by atoms with Gasteiger partial charge in [-0.05, 0) is 32.0 Å². The molecule has 0 bridgehead atoms. The van der Waals surface area contributed by atoms with Crippen molar-refractivity contribution in [3.05, 3.63) is 28.8 Å². The van der Waals surface area contributed by atoms with Gasteiger partial charge in [0.2, 0.25) is 0 Å². The molecule has 0 atom stereocenters. The third-order valence-corrected chi connectivity index (χ3v) is 4.96. The molecule has 1 aromatic carbocycles. The molecule has 7 heteroatoms. The van der Waals surface area contributed by atoms with E-state index in [1.54, 1.807) is 13.8 Å². The van der Waals surface area contributed by atoms with Crippen LogP contribution in [0.15, 0.2) is 18.2 Å². The Morgan fingerprint density at radius 3 is 2.58 bits per heavy atom. The molecule has 19 heavy (non-hydrogen) atoms. The van der Waals surface area contributed by atoms with Crippen LogP contribution < -0.4 is 5.73 Å². The highest BCUT2D eigenvalue weighted by molar-refractivity contribution is 7.91.